The highest BCUT2D eigenvalue weighted by Gasteiger charge is 2.31. The molecule has 0 heterocycles. The molecule has 0 saturated heterocycles. The molecule has 2 amide bonds. The van der Waals surface area contributed by atoms with Gasteiger partial charge in [0, 0.05) is 24.0 Å². The lowest BCUT2D eigenvalue weighted by molar-refractivity contribution is -0.141. The third-order valence-corrected chi connectivity index (χ3v) is 6.43. The third kappa shape index (κ3) is 7.97. The number of nitrogens with zero attached hydrogens (tertiary/aromatic N) is 1. The Balaban J connectivity index is 1.98. The highest BCUT2D eigenvalue weighted by atomic mass is 35.5. The van der Waals surface area contributed by atoms with E-state index in [-0.39, 0.29) is 24.3 Å². The van der Waals surface area contributed by atoms with E-state index in [2.05, 4.69) is 11.4 Å². The first-order chi connectivity index (χ1) is 16.7. The Kier molecular flexibility index (Phi) is 9.50. The fourth-order valence-corrected chi connectivity index (χ4v) is 4.35. The lowest BCUT2D eigenvalue weighted by Crippen LogP contribution is -2.52. The Hall–Kier alpha value is -3.11. The van der Waals surface area contributed by atoms with Gasteiger partial charge in [0.25, 0.3) is 0 Å². The number of aryl methyl sites for hydroxylation is 2. The van der Waals surface area contributed by atoms with Crippen molar-refractivity contribution in [1.29, 1.82) is 0 Å². The topological polar surface area (TPSA) is 49.4 Å². The molecule has 1 N–H and O–H groups in total. The average Bonchev–Trinajstić information content (AvgIpc) is 2.82. The molecular weight excluding hydrogens is 456 g/mol. The van der Waals surface area contributed by atoms with Gasteiger partial charge in [-0.3, -0.25) is 9.59 Å². The molecule has 184 valence electrons. The lowest BCUT2D eigenvalue weighted by Gasteiger charge is -2.32. The SMILES string of the molecule is CC[C@H](C)NC(=O)[C@@H](Cc1ccccc1)N(Cc1ccc(Cl)cc1)C(=O)Cc1cc(C)cc(C)c1. The predicted molar refractivity (Wildman–Crippen MR) is 143 cm³/mol. The van der Waals surface area contributed by atoms with Gasteiger partial charge < -0.3 is 10.2 Å². The Morgan fingerprint density at radius 2 is 1.51 bits per heavy atom. The molecule has 0 aliphatic rings. The van der Waals surface area contributed by atoms with Crippen molar-refractivity contribution in [3.63, 3.8) is 0 Å². The van der Waals surface area contributed by atoms with E-state index in [0.717, 1.165) is 34.2 Å². The zero-order valence-electron chi connectivity index (χ0n) is 21.1. The molecule has 4 nitrogen and oxygen atoms in total. The van der Waals surface area contributed by atoms with Crippen LogP contribution in [0.15, 0.2) is 72.8 Å². The summed E-state index contributed by atoms with van der Waals surface area (Å²) in [5.74, 6) is -0.212. The summed E-state index contributed by atoms with van der Waals surface area (Å²) in [6.45, 7) is 8.41. The minimum Gasteiger partial charge on any atom is -0.352 e. The van der Waals surface area contributed by atoms with Crippen molar-refractivity contribution in [2.75, 3.05) is 0 Å². The smallest absolute Gasteiger partial charge is 0.243 e. The zero-order valence-corrected chi connectivity index (χ0v) is 21.8. The summed E-state index contributed by atoms with van der Waals surface area (Å²) in [6.07, 6.45) is 1.49. The molecule has 0 fully saturated rings. The van der Waals surface area contributed by atoms with E-state index in [1.165, 1.54) is 0 Å². The number of carbonyl (C=O) groups is 2. The Bertz CT molecular complexity index is 1110. The molecule has 0 aromatic heterocycles. The summed E-state index contributed by atoms with van der Waals surface area (Å²) < 4.78 is 0. The number of hydrogen-bond acceptors (Lipinski definition) is 2. The monoisotopic (exact) mass is 490 g/mol. The van der Waals surface area contributed by atoms with Gasteiger partial charge in [-0.15, -0.1) is 0 Å². The molecule has 0 radical (unpaired) electrons. The lowest BCUT2D eigenvalue weighted by atomic mass is 10.00. The standard InChI is InChI=1S/C30H35ClN2O2/c1-5-23(4)32-30(35)28(18-24-9-7-6-8-10-24)33(20-25-11-13-27(31)14-12-25)29(34)19-26-16-21(2)15-22(3)17-26/h6-17,23,28H,5,18-20H2,1-4H3,(H,32,35)/t23-,28+/m0/s1. The molecule has 0 saturated carbocycles. The molecular formula is C30H35ClN2O2. The number of hydrogen-bond donors (Lipinski definition) is 1. The van der Waals surface area contributed by atoms with Crippen LogP contribution in [0.1, 0.15) is 48.1 Å². The number of nitrogens with one attached hydrogen (secondary N) is 1. The van der Waals surface area contributed by atoms with Gasteiger partial charge in [0.2, 0.25) is 11.8 Å². The highest BCUT2D eigenvalue weighted by molar-refractivity contribution is 6.30. The van der Waals surface area contributed by atoms with Crippen LogP contribution in [0.2, 0.25) is 5.02 Å². The van der Waals surface area contributed by atoms with Crippen molar-refractivity contribution in [2.24, 2.45) is 0 Å². The normalized spacial score (nSPS) is 12.6. The van der Waals surface area contributed by atoms with Gasteiger partial charge >= 0.3 is 0 Å². The summed E-state index contributed by atoms with van der Waals surface area (Å²) >= 11 is 6.10. The maximum atomic E-state index is 13.8. The van der Waals surface area contributed by atoms with Crippen LogP contribution < -0.4 is 5.32 Å². The fourth-order valence-electron chi connectivity index (χ4n) is 4.23. The molecule has 3 aromatic carbocycles. The number of amides is 2. The highest BCUT2D eigenvalue weighted by Crippen LogP contribution is 2.19. The molecule has 35 heavy (non-hydrogen) atoms. The summed E-state index contributed by atoms with van der Waals surface area (Å²) in [6, 6.07) is 22.9. The van der Waals surface area contributed by atoms with Crippen LogP contribution in [0, 0.1) is 13.8 Å². The van der Waals surface area contributed by atoms with Crippen molar-refractivity contribution in [1.82, 2.24) is 10.2 Å². The molecule has 0 aliphatic carbocycles. The van der Waals surface area contributed by atoms with E-state index in [1.54, 1.807) is 4.90 Å². The first kappa shape index (κ1) is 26.5. The number of benzene rings is 3. The van der Waals surface area contributed by atoms with Crippen LogP contribution in [0.4, 0.5) is 0 Å². The van der Waals surface area contributed by atoms with Crippen molar-refractivity contribution in [2.45, 2.75) is 65.6 Å². The largest absolute Gasteiger partial charge is 0.352 e. The van der Waals surface area contributed by atoms with Gasteiger partial charge in [-0.05, 0) is 56.0 Å². The first-order valence-electron chi connectivity index (χ1n) is 12.2. The van der Waals surface area contributed by atoms with E-state index in [9.17, 15) is 9.59 Å². The maximum Gasteiger partial charge on any atom is 0.243 e. The van der Waals surface area contributed by atoms with Gasteiger partial charge in [0.1, 0.15) is 6.04 Å². The van der Waals surface area contributed by atoms with Gasteiger partial charge in [0.15, 0.2) is 0 Å². The van der Waals surface area contributed by atoms with E-state index < -0.39 is 6.04 Å². The number of halogens is 1. The molecule has 5 heteroatoms. The molecule has 3 aromatic rings. The van der Waals surface area contributed by atoms with Crippen LogP contribution in [-0.2, 0) is 29.0 Å². The van der Waals surface area contributed by atoms with Gasteiger partial charge in [-0.1, -0.05) is 90.3 Å². The second-order valence-electron chi connectivity index (χ2n) is 9.34. The van der Waals surface area contributed by atoms with E-state index >= 15 is 0 Å². The van der Waals surface area contributed by atoms with E-state index in [4.69, 9.17) is 11.6 Å². The molecule has 0 aliphatic heterocycles. The van der Waals surface area contributed by atoms with Gasteiger partial charge in [-0.25, -0.2) is 0 Å². The third-order valence-electron chi connectivity index (χ3n) is 6.18. The molecule has 0 spiro atoms. The van der Waals surface area contributed by atoms with Crippen molar-refractivity contribution < 1.29 is 9.59 Å². The molecule has 3 rings (SSSR count). The predicted octanol–water partition coefficient (Wildman–Crippen LogP) is 6.05. The maximum absolute atomic E-state index is 13.8. The quantitative estimate of drug-likeness (QED) is 0.376. The first-order valence-corrected chi connectivity index (χ1v) is 12.6. The van der Waals surface area contributed by atoms with Crippen LogP contribution in [0.3, 0.4) is 0 Å². The number of rotatable bonds is 10. The Morgan fingerprint density at radius 1 is 0.886 bits per heavy atom. The Morgan fingerprint density at radius 3 is 2.11 bits per heavy atom. The molecule has 0 bridgehead atoms. The summed E-state index contributed by atoms with van der Waals surface area (Å²) in [5, 5.41) is 3.74. The van der Waals surface area contributed by atoms with Crippen LogP contribution in [-0.4, -0.2) is 28.8 Å². The second kappa shape index (κ2) is 12.6. The summed E-state index contributed by atoms with van der Waals surface area (Å²) in [7, 11) is 0. The fraction of sp³-hybridized carbons (Fsp3) is 0.333. The average molecular weight is 491 g/mol. The Labute approximate surface area is 214 Å². The van der Waals surface area contributed by atoms with Crippen LogP contribution in [0.5, 0.6) is 0 Å². The van der Waals surface area contributed by atoms with Gasteiger partial charge in [0.05, 0.1) is 6.42 Å². The summed E-state index contributed by atoms with van der Waals surface area (Å²) in [4.78, 5) is 29.1. The van der Waals surface area contributed by atoms with E-state index in [0.29, 0.717) is 18.0 Å². The van der Waals surface area contributed by atoms with Crippen LogP contribution >= 0.6 is 11.6 Å². The summed E-state index contributed by atoms with van der Waals surface area (Å²) in [5.41, 5.74) is 5.13. The molecule has 2 atom stereocenters. The van der Waals surface area contributed by atoms with E-state index in [1.807, 2.05) is 94.4 Å². The number of carbonyl (C=O) groups excluding carboxylic acids is 2. The minimum absolute atomic E-state index is 0.0210. The van der Waals surface area contributed by atoms with Crippen molar-refractivity contribution in [3.05, 3.63) is 106 Å². The minimum atomic E-state index is -0.638. The second-order valence-corrected chi connectivity index (χ2v) is 9.78. The van der Waals surface area contributed by atoms with Crippen molar-refractivity contribution >= 4 is 23.4 Å². The van der Waals surface area contributed by atoms with Crippen molar-refractivity contribution in [3.8, 4) is 0 Å². The zero-order chi connectivity index (χ0) is 25.4. The van der Waals surface area contributed by atoms with Crippen LogP contribution in [0.25, 0.3) is 0 Å². The molecule has 0 unspecified atom stereocenters. The van der Waals surface area contributed by atoms with Gasteiger partial charge in [-0.2, -0.15) is 0 Å².